The van der Waals surface area contributed by atoms with Crippen LogP contribution < -0.4 is 14.5 Å². The van der Waals surface area contributed by atoms with Gasteiger partial charge in [0.2, 0.25) is 0 Å². The number of likely N-dealkylation sites (tertiary alicyclic amines) is 1. The van der Waals surface area contributed by atoms with Gasteiger partial charge in [0.1, 0.15) is 18.8 Å². The number of aromatic nitrogens is 4. The first kappa shape index (κ1) is 31.5. The maximum Gasteiger partial charge on any atom is 0.318 e. The van der Waals surface area contributed by atoms with E-state index in [1.54, 1.807) is 17.3 Å². The Morgan fingerprint density at radius 2 is 1.85 bits per heavy atom. The minimum Gasteiger partial charge on any atom is -0.462 e. The van der Waals surface area contributed by atoms with Crippen LogP contribution >= 0.6 is 0 Å². The maximum absolute atomic E-state index is 13.6. The van der Waals surface area contributed by atoms with Crippen molar-refractivity contribution in [2.45, 2.75) is 51.2 Å². The Labute approximate surface area is 281 Å². The number of anilines is 2. The smallest absolute Gasteiger partial charge is 0.318 e. The van der Waals surface area contributed by atoms with Crippen LogP contribution in [0.5, 0.6) is 6.01 Å². The lowest BCUT2D eigenvalue weighted by atomic mass is 9.99. The van der Waals surface area contributed by atoms with Gasteiger partial charge in [-0.15, -0.1) is 0 Å². The molecule has 48 heavy (non-hydrogen) atoms. The van der Waals surface area contributed by atoms with Crippen molar-refractivity contribution in [3.8, 4) is 12.1 Å². The molecule has 11 nitrogen and oxygen atoms in total. The molecule has 2 aromatic heterocycles. The van der Waals surface area contributed by atoms with Crippen molar-refractivity contribution in [1.82, 2.24) is 29.7 Å². The van der Waals surface area contributed by atoms with Gasteiger partial charge in [-0.1, -0.05) is 36.9 Å². The molecule has 2 aromatic carbocycles. The fourth-order valence-electron chi connectivity index (χ4n) is 7.40. The van der Waals surface area contributed by atoms with Gasteiger partial charge in [0.25, 0.3) is 5.91 Å². The van der Waals surface area contributed by atoms with E-state index in [9.17, 15) is 10.1 Å². The lowest BCUT2D eigenvalue weighted by molar-refractivity contribution is -0.127. The summed E-state index contributed by atoms with van der Waals surface area (Å²) in [7, 11) is 2.14. The van der Waals surface area contributed by atoms with Crippen molar-refractivity contribution < 1.29 is 9.53 Å². The Balaban J connectivity index is 1.19. The van der Waals surface area contributed by atoms with E-state index in [1.165, 1.54) is 28.4 Å². The van der Waals surface area contributed by atoms with Crippen LogP contribution in [0.4, 0.5) is 11.5 Å². The Morgan fingerprint density at radius 3 is 2.62 bits per heavy atom. The minimum absolute atomic E-state index is 0.194. The highest BCUT2D eigenvalue weighted by Crippen LogP contribution is 2.36. The second-order valence-corrected chi connectivity index (χ2v) is 13.0. The molecule has 3 aliphatic rings. The van der Waals surface area contributed by atoms with E-state index < -0.39 is 0 Å². The SMILES string of the molecule is C=C(C(=O)N1CCN(c2nc(OC[C@@H]3CCCN3C)nc3c2CCN(c2cccc4cccc(C)c24)C3)C[C@@H]1CC#N)c1cncnc1. The molecule has 7 rings (SSSR count). The zero-order chi connectivity index (χ0) is 33.2. The van der Waals surface area contributed by atoms with Gasteiger partial charge < -0.3 is 24.3 Å². The zero-order valence-electron chi connectivity index (χ0n) is 27.7. The molecular formula is C37H41N9O2. The molecule has 2 fully saturated rings. The molecule has 11 heteroatoms. The molecule has 5 heterocycles. The van der Waals surface area contributed by atoms with E-state index in [1.807, 2.05) is 0 Å². The number of rotatable bonds is 8. The van der Waals surface area contributed by atoms with Crippen molar-refractivity contribution in [2.75, 3.05) is 56.2 Å². The lowest BCUT2D eigenvalue weighted by Gasteiger charge is -2.42. The van der Waals surface area contributed by atoms with Crippen LogP contribution in [0.15, 0.2) is 61.7 Å². The molecule has 0 bridgehead atoms. The van der Waals surface area contributed by atoms with E-state index in [0.29, 0.717) is 56.0 Å². The van der Waals surface area contributed by atoms with Gasteiger partial charge in [0.05, 0.1) is 30.8 Å². The Kier molecular flexibility index (Phi) is 8.91. The second-order valence-electron chi connectivity index (χ2n) is 13.0. The number of likely N-dealkylation sites (N-methyl/N-ethyl adjacent to an activating group) is 1. The van der Waals surface area contributed by atoms with E-state index in [4.69, 9.17) is 14.7 Å². The van der Waals surface area contributed by atoms with Crippen LogP contribution in [0.25, 0.3) is 16.3 Å². The number of carbonyl (C=O) groups excluding carboxylic acids is 1. The van der Waals surface area contributed by atoms with Gasteiger partial charge in [-0.3, -0.25) is 4.79 Å². The summed E-state index contributed by atoms with van der Waals surface area (Å²) in [6.07, 6.45) is 7.81. The molecule has 4 aromatic rings. The molecule has 0 spiro atoms. The highest BCUT2D eigenvalue weighted by atomic mass is 16.5. The summed E-state index contributed by atoms with van der Waals surface area (Å²) in [4.78, 5) is 40.5. The number of hydrogen-bond donors (Lipinski definition) is 0. The molecule has 2 atom stereocenters. The van der Waals surface area contributed by atoms with E-state index in [-0.39, 0.29) is 18.4 Å². The number of amides is 1. The van der Waals surface area contributed by atoms with Gasteiger partial charge in [0.15, 0.2) is 0 Å². The Bertz CT molecular complexity index is 1870. The predicted octanol–water partition coefficient (Wildman–Crippen LogP) is 4.41. The number of carbonyl (C=O) groups is 1. The topological polar surface area (TPSA) is 115 Å². The van der Waals surface area contributed by atoms with Crippen LogP contribution in [-0.4, -0.2) is 94.1 Å². The van der Waals surface area contributed by atoms with Crippen molar-refractivity contribution in [3.05, 3.63) is 84.1 Å². The predicted molar refractivity (Wildman–Crippen MR) is 186 cm³/mol. The first-order chi connectivity index (χ1) is 23.4. The molecule has 3 aliphatic heterocycles. The Hall–Kier alpha value is -5.08. The number of piperazine rings is 1. The molecular weight excluding hydrogens is 602 g/mol. The summed E-state index contributed by atoms with van der Waals surface area (Å²) in [5.41, 5.74) is 5.42. The molecule has 246 valence electrons. The van der Waals surface area contributed by atoms with Crippen molar-refractivity contribution in [1.29, 1.82) is 5.26 Å². The molecule has 1 amide bonds. The Morgan fingerprint density at radius 1 is 1.04 bits per heavy atom. The van der Waals surface area contributed by atoms with Crippen LogP contribution in [0.3, 0.4) is 0 Å². The van der Waals surface area contributed by atoms with Crippen molar-refractivity contribution >= 4 is 33.8 Å². The highest BCUT2D eigenvalue weighted by Gasteiger charge is 2.35. The number of benzene rings is 2. The number of aryl methyl sites for hydroxylation is 1. The quantitative estimate of drug-likeness (QED) is 0.256. The number of nitriles is 1. The summed E-state index contributed by atoms with van der Waals surface area (Å²) in [6.45, 7) is 10.7. The monoisotopic (exact) mass is 643 g/mol. The van der Waals surface area contributed by atoms with Crippen LogP contribution in [0.2, 0.25) is 0 Å². The van der Waals surface area contributed by atoms with Gasteiger partial charge in [-0.05, 0) is 56.8 Å². The first-order valence-electron chi connectivity index (χ1n) is 16.7. The molecule has 0 saturated carbocycles. The average molecular weight is 644 g/mol. The van der Waals surface area contributed by atoms with Crippen molar-refractivity contribution in [2.24, 2.45) is 0 Å². The largest absolute Gasteiger partial charge is 0.462 e. The van der Waals surface area contributed by atoms with Crippen molar-refractivity contribution in [3.63, 3.8) is 0 Å². The molecule has 0 radical (unpaired) electrons. The minimum atomic E-state index is -0.335. The fraction of sp³-hybridized carbons (Fsp3) is 0.405. The third-order valence-corrected chi connectivity index (χ3v) is 10.1. The molecule has 2 saturated heterocycles. The molecule has 0 N–H and O–H groups in total. The van der Waals surface area contributed by atoms with E-state index >= 15 is 0 Å². The third-order valence-electron chi connectivity index (χ3n) is 10.1. The zero-order valence-corrected chi connectivity index (χ0v) is 27.7. The number of fused-ring (bicyclic) bond motifs is 2. The maximum atomic E-state index is 13.6. The van der Waals surface area contributed by atoms with Gasteiger partial charge in [0, 0.05) is 72.4 Å². The third kappa shape index (κ3) is 6.16. The normalized spacial score (nSPS) is 19.6. The average Bonchev–Trinajstić information content (AvgIpc) is 3.54. The van der Waals surface area contributed by atoms with Gasteiger partial charge in [-0.25, -0.2) is 9.97 Å². The number of hydrogen-bond acceptors (Lipinski definition) is 10. The van der Waals surface area contributed by atoms with E-state index in [2.05, 4.69) is 87.7 Å². The highest BCUT2D eigenvalue weighted by molar-refractivity contribution is 6.18. The van der Waals surface area contributed by atoms with Gasteiger partial charge in [-0.2, -0.15) is 15.2 Å². The van der Waals surface area contributed by atoms with Crippen LogP contribution in [-0.2, 0) is 17.8 Å². The first-order valence-corrected chi connectivity index (χ1v) is 16.7. The summed E-state index contributed by atoms with van der Waals surface area (Å²) in [5, 5.41) is 12.3. The summed E-state index contributed by atoms with van der Waals surface area (Å²) >= 11 is 0. The van der Waals surface area contributed by atoms with Gasteiger partial charge >= 0.3 is 6.01 Å². The van der Waals surface area contributed by atoms with Crippen LogP contribution in [0, 0.1) is 18.3 Å². The standard InChI is InChI=1S/C37H41N9O2/c1-25-7-4-8-27-9-5-11-33(34(25)27)44-16-13-31-32(22-44)41-37(48-23-30-10-6-15-43(30)3)42-35(31)45-17-18-46(29(21-45)12-14-38)36(47)26(2)28-19-39-24-40-20-28/h4-5,7-9,11,19-20,24,29-30H,2,6,10,12-13,15-18,21-23H2,1,3H3/t29-,30-/m0/s1. The second kappa shape index (κ2) is 13.6. The summed E-state index contributed by atoms with van der Waals surface area (Å²) < 4.78 is 6.35. The summed E-state index contributed by atoms with van der Waals surface area (Å²) in [6, 6.07) is 15.6. The fourth-order valence-corrected chi connectivity index (χ4v) is 7.40. The molecule has 0 aliphatic carbocycles. The number of nitrogens with zero attached hydrogens (tertiary/aromatic N) is 9. The lowest BCUT2D eigenvalue weighted by Crippen LogP contribution is -2.56. The van der Waals surface area contributed by atoms with Crippen LogP contribution in [0.1, 0.15) is 41.6 Å². The van der Waals surface area contributed by atoms with E-state index in [0.717, 1.165) is 49.4 Å². The molecule has 0 unspecified atom stereocenters. The summed E-state index contributed by atoms with van der Waals surface area (Å²) in [5.74, 6) is 0.633. The number of ether oxygens (including phenoxy) is 1.